The summed E-state index contributed by atoms with van der Waals surface area (Å²) in [6, 6.07) is 1.49. The van der Waals surface area contributed by atoms with Crippen molar-refractivity contribution in [3.05, 3.63) is 22.7 Å². The van der Waals surface area contributed by atoms with Gasteiger partial charge >= 0.3 is 11.8 Å². The van der Waals surface area contributed by atoms with Crippen molar-refractivity contribution in [3.8, 4) is 0 Å². The third-order valence-corrected chi connectivity index (χ3v) is 2.88. The van der Waals surface area contributed by atoms with Crippen LogP contribution in [-0.2, 0) is 9.57 Å². The Morgan fingerprint density at radius 3 is 3.05 bits per heavy atom. The number of aromatic nitrogens is 2. The van der Waals surface area contributed by atoms with E-state index in [9.17, 15) is 9.59 Å². The van der Waals surface area contributed by atoms with Crippen LogP contribution in [-0.4, -0.2) is 40.5 Å². The first kappa shape index (κ1) is 14.3. The van der Waals surface area contributed by atoms with Crippen molar-refractivity contribution >= 4 is 11.9 Å². The van der Waals surface area contributed by atoms with Gasteiger partial charge in [0.1, 0.15) is 6.23 Å². The fourth-order valence-electron chi connectivity index (χ4n) is 1.86. The van der Waals surface area contributed by atoms with Gasteiger partial charge in [0.25, 0.3) is 0 Å². The summed E-state index contributed by atoms with van der Waals surface area (Å²) < 4.78 is 6.82. The van der Waals surface area contributed by atoms with Crippen LogP contribution in [0.3, 0.4) is 0 Å². The number of rotatable bonds is 4. The van der Waals surface area contributed by atoms with Gasteiger partial charge in [-0.25, -0.2) is 9.59 Å². The molecule has 1 aromatic heterocycles. The second-order valence-electron chi connectivity index (χ2n) is 4.22. The van der Waals surface area contributed by atoms with Crippen LogP contribution in [0.2, 0.25) is 0 Å². The molecule has 2 unspecified atom stereocenters. The van der Waals surface area contributed by atoms with Crippen molar-refractivity contribution < 1.29 is 19.5 Å². The number of aliphatic hydroxyl groups is 1. The quantitative estimate of drug-likeness (QED) is 0.644. The molecule has 0 saturated carbocycles. The summed E-state index contributed by atoms with van der Waals surface area (Å²) in [7, 11) is 1.41. The van der Waals surface area contributed by atoms with Crippen LogP contribution in [0.15, 0.2) is 17.1 Å². The molecule has 1 aliphatic rings. The minimum Gasteiger partial charge on any atom is -0.394 e. The second kappa shape index (κ2) is 6.35. The summed E-state index contributed by atoms with van der Waals surface area (Å²) in [6.07, 6.45) is 1.44. The maximum atomic E-state index is 11.8. The van der Waals surface area contributed by atoms with Gasteiger partial charge in [0.05, 0.1) is 12.7 Å². The Balaban J connectivity index is 2.03. The fourth-order valence-corrected chi connectivity index (χ4v) is 1.86. The molecule has 2 atom stereocenters. The van der Waals surface area contributed by atoms with Gasteiger partial charge in [-0.3, -0.25) is 4.57 Å². The van der Waals surface area contributed by atoms with E-state index in [1.165, 1.54) is 23.9 Å². The molecule has 9 nitrogen and oxygen atoms in total. The lowest BCUT2D eigenvalue weighted by atomic mass is 10.2. The first-order valence-electron chi connectivity index (χ1n) is 6.14. The Kier molecular flexibility index (Phi) is 4.53. The number of ether oxygens (including phenoxy) is 1. The zero-order chi connectivity index (χ0) is 14.5. The molecule has 0 radical (unpaired) electrons. The first-order chi connectivity index (χ1) is 9.63. The molecule has 1 fully saturated rings. The zero-order valence-corrected chi connectivity index (χ0v) is 10.9. The SMILES string of the molecule is CNC(=O)ONc1ccn(C2CCC(CO)O2)c(=O)n1. The number of carbonyl (C=O) groups is 1. The van der Waals surface area contributed by atoms with Crippen molar-refractivity contribution in [2.45, 2.75) is 25.2 Å². The van der Waals surface area contributed by atoms with Crippen LogP contribution in [0.25, 0.3) is 0 Å². The average molecular weight is 284 g/mol. The molecule has 2 heterocycles. The smallest absolute Gasteiger partial charge is 0.394 e. The Bertz CT molecular complexity index is 532. The zero-order valence-electron chi connectivity index (χ0n) is 10.9. The highest BCUT2D eigenvalue weighted by molar-refractivity contribution is 5.67. The minimum atomic E-state index is -0.694. The Labute approximate surface area is 114 Å². The van der Waals surface area contributed by atoms with E-state index < -0.39 is 18.0 Å². The summed E-state index contributed by atoms with van der Waals surface area (Å²) in [6.45, 7) is -0.0711. The molecule has 110 valence electrons. The molecular weight excluding hydrogens is 268 g/mol. The molecule has 9 heteroatoms. The van der Waals surface area contributed by atoms with E-state index in [-0.39, 0.29) is 18.5 Å². The van der Waals surface area contributed by atoms with Crippen molar-refractivity contribution in [1.82, 2.24) is 14.9 Å². The summed E-state index contributed by atoms with van der Waals surface area (Å²) >= 11 is 0. The Morgan fingerprint density at radius 2 is 2.45 bits per heavy atom. The second-order valence-corrected chi connectivity index (χ2v) is 4.22. The summed E-state index contributed by atoms with van der Waals surface area (Å²) in [5.74, 6) is 0.117. The molecule has 0 aliphatic carbocycles. The van der Waals surface area contributed by atoms with E-state index in [0.29, 0.717) is 12.8 Å². The number of hydrogen-bond donors (Lipinski definition) is 3. The molecule has 0 bridgehead atoms. The topological polar surface area (TPSA) is 115 Å². The maximum absolute atomic E-state index is 11.8. The van der Waals surface area contributed by atoms with Gasteiger partial charge in [-0.15, -0.1) is 0 Å². The van der Waals surface area contributed by atoms with E-state index in [0.717, 1.165) is 0 Å². The number of nitrogens with one attached hydrogen (secondary N) is 2. The lowest BCUT2D eigenvalue weighted by molar-refractivity contribution is -0.0245. The molecule has 0 spiro atoms. The Morgan fingerprint density at radius 1 is 1.65 bits per heavy atom. The van der Waals surface area contributed by atoms with Gasteiger partial charge in [0, 0.05) is 19.3 Å². The highest BCUT2D eigenvalue weighted by Gasteiger charge is 2.26. The van der Waals surface area contributed by atoms with Gasteiger partial charge in [-0.05, 0) is 12.8 Å². The number of amides is 1. The van der Waals surface area contributed by atoms with Crippen LogP contribution in [0.5, 0.6) is 0 Å². The number of carbonyl (C=O) groups excluding carboxylic acids is 1. The van der Waals surface area contributed by atoms with E-state index in [1.807, 2.05) is 0 Å². The van der Waals surface area contributed by atoms with Crippen LogP contribution < -0.4 is 16.5 Å². The molecule has 3 N–H and O–H groups in total. The lowest BCUT2D eigenvalue weighted by Crippen LogP contribution is -2.29. The van der Waals surface area contributed by atoms with Crippen LogP contribution in [0, 0.1) is 0 Å². The Hall–Kier alpha value is -2.13. The largest absolute Gasteiger partial charge is 0.431 e. The predicted molar refractivity (Wildman–Crippen MR) is 67.9 cm³/mol. The van der Waals surface area contributed by atoms with Gasteiger partial charge in [0.2, 0.25) is 0 Å². The number of nitrogens with zero attached hydrogens (tertiary/aromatic N) is 2. The monoisotopic (exact) mass is 284 g/mol. The average Bonchev–Trinajstić information content (AvgIpc) is 2.93. The van der Waals surface area contributed by atoms with E-state index in [1.54, 1.807) is 0 Å². The standard InChI is InChI=1S/C11H16N4O5/c1-12-11(18)20-14-8-4-5-15(10(17)13-8)9-3-2-7(6-16)19-9/h4-5,7,9,16H,2-3,6H2,1H3,(H,12,18)(H,13,14,17). The third-order valence-electron chi connectivity index (χ3n) is 2.88. The minimum absolute atomic E-state index is 0.0711. The van der Waals surface area contributed by atoms with Gasteiger partial charge in [-0.2, -0.15) is 10.5 Å². The molecular formula is C11H16N4O5. The van der Waals surface area contributed by atoms with Gasteiger partial charge < -0.3 is 20.0 Å². The molecule has 1 amide bonds. The predicted octanol–water partition coefficient (Wildman–Crippen LogP) is -0.404. The highest BCUT2D eigenvalue weighted by atomic mass is 16.7. The summed E-state index contributed by atoms with van der Waals surface area (Å²) in [5.41, 5.74) is 1.73. The van der Waals surface area contributed by atoms with Crippen LogP contribution >= 0.6 is 0 Å². The van der Waals surface area contributed by atoms with Crippen LogP contribution in [0.1, 0.15) is 19.1 Å². The molecule has 20 heavy (non-hydrogen) atoms. The number of hydrogen-bond acceptors (Lipinski definition) is 7. The third kappa shape index (κ3) is 3.25. The maximum Gasteiger partial charge on any atom is 0.431 e. The molecule has 2 rings (SSSR count). The highest BCUT2D eigenvalue weighted by Crippen LogP contribution is 2.26. The molecule has 1 aliphatic heterocycles. The normalized spacial score (nSPS) is 21.5. The van der Waals surface area contributed by atoms with E-state index in [4.69, 9.17) is 9.84 Å². The van der Waals surface area contributed by atoms with Crippen molar-refractivity contribution in [1.29, 1.82) is 0 Å². The summed E-state index contributed by atoms with van der Waals surface area (Å²) in [4.78, 5) is 31.0. The van der Waals surface area contributed by atoms with Gasteiger partial charge in [0.15, 0.2) is 5.82 Å². The van der Waals surface area contributed by atoms with Gasteiger partial charge in [-0.1, -0.05) is 0 Å². The first-order valence-corrected chi connectivity index (χ1v) is 6.14. The molecule has 1 saturated heterocycles. The van der Waals surface area contributed by atoms with Crippen molar-refractivity contribution in [3.63, 3.8) is 0 Å². The van der Waals surface area contributed by atoms with Crippen LogP contribution in [0.4, 0.5) is 10.6 Å². The van der Waals surface area contributed by atoms with Crippen molar-refractivity contribution in [2.75, 3.05) is 19.1 Å². The molecule has 0 aromatic carbocycles. The van der Waals surface area contributed by atoms with Crippen molar-refractivity contribution in [2.24, 2.45) is 0 Å². The fraction of sp³-hybridized carbons (Fsp3) is 0.545. The summed E-state index contributed by atoms with van der Waals surface area (Å²) in [5, 5.41) is 11.2. The number of anilines is 1. The number of aliphatic hydroxyl groups excluding tert-OH is 1. The lowest BCUT2D eigenvalue weighted by Gasteiger charge is -2.14. The van der Waals surface area contributed by atoms with E-state index in [2.05, 4.69) is 20.6 Å². The van der Waals surface area contributed by atoms with E-state index >= 15 is 0 Å². The molecule has 1 aromatic rings.